The Bertz CT molecular complexity index is 1120. The smallest absolute Gasteiger partial charge is 0.261 e. The van der Waals surface area contributed by atoms with Crippen molar-refractivity contribution < 1.29 is 22.0 Å². The van der Waals surface area contributed by atoms with Gasteiger partial charge in [0.05, 0.1) is 10.6 Å². The second-order valence-electron chi connectivity index (χ2n) is 6.29. The number of anilines is 2. The lowest BCUT2D eigenvalue weighted by atomic mass is 10.2. The van der Waals surface area contributed by atoms with Crippen LogP contribution in [0.25, 0.3) is 0 Å². The van der Waals surface area contributed by atoms with E-state index in [2.05, 4.69) is 10.0 Å². The minimum Gasteiger partial charge on any atom is -0.325 e. The predicted octanol–water partition coefficient (Wildman–Crippen LogP) is 4.64. The zero-order valence-corrected chi connectivity index (χ0v) is 17.3. The Kier molecular flexibility index (Phi) is 7.07. The van der Waals surface area contributed by atoms with Crippen molar-refractivity contribution >= 4 is 39.1 Å². The molecule has 0 radical (unpaired) electrons. The van der Waals surface area contributed by atoms with Crippen molar-refractivity contribution in [3.05, 3.63) is 90.0 Å². The Morgan fingerprint density at radius 3 is 2.20 bits per heavy atom. The van der Waals surface area contributed by atoms with E-state index in [0.717, 1.165) is 23.4 Å². The standard InChI is InChI=1S/C21H18F2N2O3S2/c22-19-11-10-18(12-20(19)23)30(27,28)25-17-8-6-16(7-9-17)24-21(26)14-29-13-15-4-2-1-3-5-15/h1-12,25H,13-14H2,(H,24,26). The fraction of sp³-hybridized carbons (Fsp3) is 0.0952. The number of thioether (sulfide) groups is 1. The molecule has 0 bridgehead atoms. The van der Waals surface area contributed by atoms with Crippen LogP contribution in [0.2, 0.25) is 0 Å². The highest BCUT2D eigenvalue weighted by Gasteiger charge is 2.16. The third-order valence-corrected chi connectivity index (χ3v) is 6.35. The number of rotatable bonds is 8. The first-order valence-electron chi connectivity index (χ1n) is 8.83. The number of carbonyl (C=O) groups excluding carboxylic acids is 1. The number of carbonyl (C=O) groups is 1. The van der Waals surface area contributed by atoms with Gasteiger partial charge < -0.3 is 5.32 Å². The van der Waals surface area contributed by atoms with Gasteiger partial charge >= 0.3 is 0 Å². The summed E-state index contributed by atoms with van der Waals surface area (Å²) < 4.78 is 53.2. The summed E-state index contributed by atoms with van der Waals surface area (Å²) >= 11 is 1.48. The first-order chi connectivity index (χ1) is 14.3. The minimum absolute atomic E-state index is 0.175. The highest BCUT2D eigenvalue weighted by molar-refractivity contribution is 7.99. The molecule has 0 saturated carbocycles. The van der Waals surface area contributed by atoms with E-state index in [1.165, 1.54) is 23.9 Å². The van der Waals surface area contributed by atoms with E-state index in [4.69, 9.17) is 0 Å². The SMILES string of the molecule is O=C(CSCc1ccccc1)Nc1ccc(NS(=O)(=O)c2ccc(F)c(F)c2)cc1. The summed E-state index contributed by atoms with van der Waals surface area (Å²) in [6, 6.07) is 18.1. The molecule has 0 aliphatic rings. The van der Waals surface area contributed by atoms with Crippen molar-refractivity contribution in [2.24, 2.45) is 0 Å². The minimum atomic E-state index is -4.07. The van der Waals surface area contributed by atoms with E-state index in [1.54, 1.807) is 12.1 Å². The van der Waals surface area contributed by atoms with Crippen molar-refractivity contribution in [3.63, 3.8) is 0 Å². The summed E-state index contributed by atoms with van der Waals surface area (Å²) in [4.78, 5) is 11.7. The maximum absolute atomic E-state index is 13.3. The third-order valence-electron chi connectivity index (χ3n) is 3.97. The highest BCUT2D eigenvalue weighted by atomic mass is 32.2. The summed E-state index contributed by atoms with van der Waals surface area (Å²) in [6.45, 7) is 0. The van der Waals surface area contributed by atoms with E-state index in [1.807, 2.05) is 30.3 Å². The maximum Gasteiger partial charge on any atom is 0.261 e. The molecule has 0 heterocycles. The van der Waals surface area contributed by atoms with Crippen LogP contribution in [0.15, 0.2) is 77.7 Å². The Morgan fingerprint density at radius 2 is 1.53 bits per heavy atom. The topological polar surface area (TPSA) is 75.3 Å². The molecule has 0 saturated heterocycles. The van der Waals surface area contributed by atoms with Gasteiger partial charge in [-0.3, -0.25) is 9.52 Å². The van der Waals surface area contributed by atoms with Crippen molar-refractivity contribution in [3.8, 4) is 0 Å². The summed E-state index contributed by atoms with van der Waals surface area (Å²) in [5.41, 5.74) is 1.86. The molecule has 3 rings (SSSR count). The van der Waals surface area contributed by atoms with Crippen LogP contribution in [0.4, 0.5) is 20.2 Å². The van der Waals surface area contributed by atoms with E-state index < -0.39 is 26.6 Å². The molecule has 5 nitrogen and oxygen atoms in total. The van der Waals surface area contributed by atoms with Crippen molar-refractivity contribution in [2.75, 3.05) is 15.8 Å². The monoisotopic (exact) mass is 448 g/mol. The molecule has 1 amide bonds. The zero-order valence-electron chi connectivity index (χ0n) is 15.6. The van der Waals surface area contributed by atoms with Crippen LogP contribution in [0.3, 0.4) is 0 Å². The number of sulfonamides is 1. The van der Waals surface area contributed by atoms with Crippen LogP contribution in [0, 0.1) is 11.6 Å². The molecule has 2 N–H and O–H groups in total. The zero-order chi connectivity index (χ0) is 21.6. The average Bonchev–Trinajstić information content (AvgIpc) is 2.72. The number of amides is 1. The van der Waals surface area contributed by atoms with Gasteiger partial charge in [0, 0.05) is 17.1 Å². The quantitative estimate of drug-likeness (QED) is 0.527. The van der Waals surface area contributed by atoms with Gasteiger partial charge in [-0.2, -0.15) is 0 Å². The largest absolute Gasteiger partial charge is 0.325 e. The molecule has 0 aromatic heterocycles. The third kappa shape index (κ3) is 6.04. The van der Waals surface area contributed by atoms with Crippen LogP contribution >= 0.6 is 11.8 Å². The molecule has 0 unspecified atom stereocenters. The first kappa shape index (κ1) is 21.8. The van der Waals surface area contributed by atoms with Gasteiger partial charge in [-0.1, -0.05) is 30.3 Å². The van der Waals surface area contributed by atoms with Crippen LogP contribution < -0.4 is 10.0 Å². The van der Waals surface area contributed by atoms with Crippen LogP contribution in [0.5, 0.6) is 0 Å². The number of nitrogens with one attached hydrogen (secondary N) is 2. The van der Waals surface area contributed by atoms with Crippen LogP contribution in [-0.4, -0.2) is 20.1 Å². The summed E-state index contributed by atoms with van der Waals surface area (Å²) in [5, 5.41) is 2.74. The Morgan fingerprint density at radius 1 is 0.867 bits per heavy atom. The Balaban J connectivity index is 1.54. The van der Waals surface area contributed by atoms with Crippen molar-refractivity contribution in [1.29, 1.82) is 0 Å². The van der Waals surface area contributed by atoms with Gasteiger partial charge in [-0.05, 0) is 48.0 Å². The van der Waals surface area contributed by atoms with Gasteiger partial charge in [0.25, 0.3) is 10.0 Å². The molecule has 0 aliphatic heterocycles. The second kappa shape index (κ2) is 9.73. The highest BCUT2D eigenvalue weighted by Crippen LogP contribution is 2.20. The Hall–Kier alpha value is -2.91. The van der Waals surface area contributed by atoms with Crippen molar-refractivity contribution in [2.45, 2.75) is 10.6 Å². The second-order valence-corrected chi connectivity index (χ2v) is 8.95. The summed E-state index contributed by atoms with van der Waals surface area (Å²) in [6.07, 6.45) is 0. The molecule has 3 aromatic carbocycles. The van der Waals surface area contributed by atoms with Gasteiger partial charge in [-0.15, -0.1) is 11.8 Å². The number of hydrogen-bond acceptors (Lipinski definition) is 4. The molecule has 0 atom stereocenters. The van der Waals surface area contributed by atoms with Crippen LogP contribution in [0.1, 0.15) is 5.56 Å². The fourth-order valence-corrected chi connectivity index (χ4v) is 4.37. The number of halogens is 2. The molecule has 156 valence electrons. The number of hydrogen-bond donors (Lipinski definition) is 2. The molecule has 9 heteroatoms. The maximum atomic E-state index is 13.3. The predicted molar refractivity (Wildman–Crippen MR) is 115 cm³/mol. The van der Waals surface area contributed by atoms with Gasteiger partial charge in [0.15, 0.2) is 11.6 Å². The molecule has 30 heavy (non-hydrogen) atoms. The molecule has 0 fully saturated rings. The van der Waals surface area contributed by atoms with E-state index in [0.29, 0.717) is 11.8 Å². The lowest BCUT2D eigenvalue weighted by Gasteiger charge is -2.10. The first-order valence-corrected chi connectivity index (χ1v) is 11.5. The fourth-order valence-electron chi connectivity index (χ4n) is 2.51. The summed E-state index contributed by atoms with van der Waals surface area (Å²) in [7, 11) is -4.07. The number of benzene rings is 3. The summed E-state index contributed by atoms with van der Waals surface area (Å²) in [5.74, 6) is -1.55. The van der Waals surface area contributed by atoms with E-state index >= 15 is 0 Å². The Labute approximate surface area is 177 Å². The molecule has 3 aromatic rings. The van der Waals surface area contributed by atoms with Gasteiger partial charge in [0.2, 0.25) is 5.91 Å². The van der Waals surface area contributed by atoms with Crippen molar-refractivity contribution in [1.82, 2.24) is 0 Å². The molecular formula is C21H18F2N2O3S2. The molecular weight excluding hydrogens is 430 g/mol. The van der Waals surface area contributed by atoms with E-state index in [-0.39, 0.29) is 17.3 Å². The molecule has 0 spiro atoms. The van der Waals surface area contributed by atoms with E-state index in [9.17, 15) is 22.0 Å². The lowest BCUT2D eigenvalue weighted by Crippen LogP contribution is -2.15. The molecule has 0 aliphatic carbocycles. The van der Waals surface area contributed by atoms with Gasteiger partial charge in [-0.25, -0.2) is 17.2 Å². The average molecular weight is 449 g/mol. The van der Waals surface area contributed by atoms with Gasteiger partial charge in [0.1, 0.15) is 0 Å². The van der Waals surface area contributed by atoms with Crippen LogP contribution in [-0.2, 0) is 20.6 Å². The lowest BCUT2D eigenvalue weighted by molar-refractivity contribution is -0.113. The normalized spacial score (nSPS) is 11.1.